The van der Waals surface area contributed by atoms with Gasteiger partial charge in [-0.3, -0.25) is 4.21 Å². The van der Waals surface area contributed by atoms with Gasteiger partial charge in [0.15, 0.2) is 11.5 Å². The van der Waals surface area contributed by atoms with Gasteiger partial charge < -0.3 is 14.8 Å². The van der Waals surface area contributed by atoms with Crippen molar-refractivity contribution < 1.29 is 13.7 Å². The summed E-state index contributed by atoms with van der Waals surface area (Å²) in [5, 5.41) is 3.26. The quantitative estimate of drug-likeness (QED) is 0.877. The first kappa shape index (κ1) is 16.3. The maximum atomic E-state index is 12.2. The number of benzene rings is 1. The van der Waals surface area contributed by atoms with Crippen molar-refractivity contribution >= 4 is 10.8 Å². The van der Waals surface area contributed by atoms with E-state index in [1.807, 2.05) is 25.2 Å². The van der Waals surface area contributed by atoms with E-state index < -0.39 is 10.8 Å². The summed E-state index contributed by atoms with van der Waals surface area (Å²) in [6.45, 7) is 5.57. The molecule has 1 aliphatic rings. The lowest BCUT2D eigenvalue weighted by atomic mass is 10.1. The van der Waals surface area contributed by atoms with Crippen molar-refractivity contribution in [1.82, 2.24) is 5.32 Å². The normalized spacial score (nSPS) is 17.3. The average molecular weight is 311 g/mol. The van der Waals surface area contributed by atoms with E-state index in [2.05, 4.69) is 19.2 Å². The third-order valence-electron chi connectivity index (χ3n) is 3.39. The zero-order chi connectivity index (χ0) is 15.2. The van der Waals surface area contributed by atoms with Crippen LogP contribution >= 0.6 is 0 Å². The van der Waals surface area contributed by atoms with E-state index in [-0.39, 0.29) is 6.04 Å². The average Bonchev–Trinajstić information content (AvgIpc) is 2.68. The van der Waals surface area contributed by atoms with E-state index in [9.17, 15) is 4.21 Å². The lowest BCUT2D eigenvalue weighted by Gasteiger charge is -2.18. The van der Waals surface area contributed by atoms with Gasteiger partial charge in [-0.15, -0.1) is 0 Å². The van der Waals surface area contributed by atoms with Crippen molar-refractivity contribution in [2.24, 2.45) is 5.92 Å². The molecule has 0 spiro atoms. The number of nitrogens with one attached hydrogen (secondary N) is 1. The predicted molar refractivity (Wildman–Crippen MR) is 86.6 cm³/mol. The Hall–Kier alpha value is -1.07. The van der Waals surface area contributed by atoms with Gasteiger partial charge in [-0.1, -0.05) is 19.9 Å². The molecule has 1 N–H and O–H groups in total. The largest absolute Gasteiger partial charge is 0.490 e. The first-order valence-electron chi connectivity index (χ1n) is 7.52. The van der Waals surface area contributed by atoms with E-state index in [0.29, 0.717) is 24.9 Å². The van der Waals surface area contributed by atoms with Gasteiger partial charge >= 0.3 is 0 Å². The smallest absolute Gasteiger partial charge is 0.161 e. The molecule has 0 fully saturated rings. The zero-order valence-corrected chi connectivity index (χ0v) is 13.9. The number of hydrogen-bond donors (Lipinski definition) is 1. The van der Waals surface area contributed by atoms with E-state index in [0.717, 1.165) is 29.2 Å². The third-order valence-corrected chi connectivity index (χ3v) is 5.14. The van der Waals surface area contributed by atoms with Crippen molar-refractivity contribution in [2.45, 2.75) is 26.3 Å². The molecule has 2 rings (SSSR count). The Bertz CT molecular complexity index is 490. The Kier molecular flexibility index (Phi) is 6.06. The summed E-state index contributed by atoms with van der Waals surface area (Å²) >= 11 is 0. The summed E-state index contributed by atoms with van der Waals surface area (Å²) in [7, 11) is 1.08. The fourth-order valence-electron chi connectivity index (χ4n) is 2.37. The molecular formula is C16H25NO3S. The summed E-state index contributed by atoms with van der Waals surface area (Å²) in [5.74, 6) is 3.40. The highest BCUT2D eigenvalue weighted by molar-refractivity contribution is 7.85. The molecule has 1 aliphatic heterocycles. The molecule has 1 heterocycles. The second-order valence-corrected chi connectivity index (χ2v) is 7.31. The molecule has 1 aromatic rings. The number of fused-ring (bicyclic) bond motifs is 1. The van der Waals surface area contributed by atoms with E-state index in [1.165, 1.54) is 0 Å². The molecule has 0 saturated carbocycles. The molecule has 21 heavy (non-hydrogen) atoms. The zero-order valence-electron chi connectivity index (χ0n) is 13.1. The minimum absolute atomic E-state index is 0.0711. The highest BCUT2D eigenvalue weighted by atomic mass is 32.2. The molecular weight excluding hydrogens is 286 g/mol. The highest BCUT2D eigenvalue weighted by Crippen LogP contribution is 2.32. The molecule has 4 nitrogen and oxygen atoms in total. The summed E-state index contributed by atoms with van der Waals surface area (Å²) in [4.78, 5) is 0. The summed E-state index contributed by atoms with van der Waals surface area (Å²) in [6.07, 6.45) is 0.901. The topological polar surface area (TPSA) is 47.6 Å². The van der Waals surface area contributed by atoms with Gasteiger partial charge in [0, 0.05) is 34.8 Å². The van der Waals surface area contributed by atoms with Crippen LogP contribution in [0.5, 0.6) is 11.5 Å². The lowest BCUT2D eigenvalue weighted by Crippen LogP contribution is -2.24. The van der Waals surface area contributed by atoms with Crippen LogP contribution in [0.3, 0.4) is 0 Å². The molecule has 2 atom stereocenters. The Labute approximate surface area is 129 Å². The SMILES string of the molecule is CNC(CS(=O)CC(C)C)c1ccc2c(c1)OCCCO2. The second kappa shape index (κ2) is 7.80. The van der Waals surface area contributed by atoms with Crippen LogP contribution in [0.2, 0.25) is 0 Å². The van der Waals surface area contributed by atoms with Gasteiger partial charge in [0.05, 0.1) is 13.2 Å². The lowest BCUT2D eigenvalue weighted by molar-refractivity contribution is 0.297. The Morgan fingerprint density at radius 2 is 1.90 bits per heavy atom. The first-order chi connectivity index (χ1) is 10.1. The van der Waals surface area contributed by atoms with Gasteiger partial charge in [-0.2, -0.15) is 0 Å². The molecule has 118 valence electrons. The standard InChI is InChI=1S/C16H25NO3S/c1-12(2)10-21(18)11-14(17-3)13-5-6-15-16(9-13)20-8-4-7-19-15/h5-6,9,12,14,17H,4,7-8,10-11H2,1-3H3. The van der Waals surface area contributed by atoms with E-state index in [1.54, 1.807) is 0 Å². The van der Waals surface area contributed by atoms with Gasteiger partial charge in [0.1, 0.15) is 0 Å². The number of rotatable bonds is 6. The molecule has 0 aliphatic carbocycles. The minimum Gasteiger partial charge on any atom is -0.490 e. The van der Waals surface area contributed by atoms with Crippen LogP contribution in [0.15, 0.2) is 18.2 Å². The summed E-state index contributed by atoms with van der Waals surface area (Å²) in [5.41, 5.74) is 1.10. The Morgan fingerprint density at radius 3 is 2.57 bits per heavy atom. The van der Waals surface area contributed by atoms with Crippen molar-refractivity contribution in [3.63, 3.8) is 0 Å². The highest BCUT2D eigenvalue weighted by Gasteiger charge is 2.17. The summed E-state index contributed by atoms with van der Waals surface area (Å²) < 4.78 is 23.5. The molecule has 0 saturated heterocycles. The number of hydrogen-bond acceptors (Lipinski definition) is 4. The van der Waals surface area contributed by atoms with Crippen LogP contribution in [0, 0.1) is 5.92 Å². The van der Waals surface area contributed by atoms with Gasteiger partial charge in [-0.25, -0.2) is 0 Å². The fraction of sp³-hybridized carbons (Fsp3) is 0.625. The van der Waals surface area contributed by atoms with Crippen LogP contribution in [0.4, 0.5) is 0 Å². The third kappa shape index (κ3) is 4.71. The van der Waals surface area contributed by atoms with Gasteiger partial charge in [-0.05, 0) is 30.7 Å². The summed E-state index contributed by atoms with van der Waals surface area (Å²) in [6, 6.07) is 6.06. The van der Waals surface area contributed by atoms with Crippen LogP contribution in [0.25, 0.3) is 0 Å². The maximum absolute atomic E-state index is 12.2. The molecule has 0 radical (unpaired) electrons. The fourth-order valence-corrected chi connectivity index (χ4v) is 3.98. The molecule has 1 aromatic carbocycles. The molecule has 0 amide bonds. The first-order valence-corrected chi connectivity index (χ1v) is 9.00. The Morgan fingerprint density at radius 1 is 1.19 bits per heavy atom. The molecule has 0 bridgehead atoms. The maximum Gasteiger partial charge on any atom is 0.161 e. The monoisotopic (exact) mass is 311 g/mol. The van der Waals surface area contributed by atoms with Crippen LogP contribution in [0.1, 0.15) is 31.9 Å². The van der Waals surface area contributed by atoms with Gasteiger partial charge in [0.25, 0.3) is 0 Å². The number of ether oxygens (including phenoxy) is 2. The van der Waals surface area contributed by atoms with Crippen molar-refractivity contribution in [3.8, 4) is 11.5 Å². The minimum atomic E-state index is -0.820. The van der Waals surface area contributed by atoms with Crippen molar-refractivity contribution in [1.29, 1.82) is 0 Å². The van der Waals surface area contributed by atoms with E-state index >= 15 is 0 Å². The van der Waals surface area contributed by atoms with Crippen LogP contribution in [-0.2, 0) is 10.8 Å². The molecule has 2 unspecified atom stereocenters. The predicted octanol–water partition coefficient (Wildman–Crippen LogP) is 2.51. The van der Waals surface area contributed by atoms with Crippen molar-refractivity contribution in [3.05, 3.63) is 23.8 Å². The van der Waals surface area contributed by atoms with Crippen LogP contribution in [-0.4, -0.2) is 36.0 Å². The molecule has 0 aromatic heterocycles. The van der Waals surface area contributed by atoms with E-state index in [4.69, 9.17) is 9.47 Å². The Balaban J connectivity index is 2.11. The van der Waals surface area contributed by atoms with Crippen LogP contribution < -0.4 is 14.8 Å². The molecule has 5 heteroatoms. The van der Waals surface area contributed by atoms with Crippen molar-refractivity contribution in [2.75, 3.05) is 31.8 Å². The van der Waals surface area contributed by atoms with Gasteiger partial charge in [0.2, 0.25) is 0 Å². The second-order valence-electron chi connectivity index (χ2n) is 5.76.